The first-order chi connectivity index (χ1) is 7.93. The molecule has 78 valence electrons. The summed E-state index contributed by atoms with van der Waals surface area (Å²) in [5, 5.41) is 11.4. The summed E-state index contributed by atoms with van der Waals surface area (Å²) in [4.78, 5) is 4.03. The highest BCUT2D eigenvalue weighted by Crippen LogP contribution is 2.22. The lowest BCUT2D eigenvalue weighted by Gasteiger charge is -2.01. The fourth-order valence-corrected chi connectivity index (χ4v) is 1.62. The Hall–Kier alpha value is -2.36. The van der Waals surface area contributed by atoms with Crippen LogP contribution in [0, 0.1) is 0 Å². The molecule has 0 unspecified atom stereocenters. The number of anilines is 2. The number of hydrogen-bond donors (Lipinski definition) is 2. The summed E-state index contributed by atoms with van der Waals surface area (Å²) < 4.78 is 0. The number of hydrogen-bond acceptors (Lipinski definition) is 3. The van der Waals surface area contributed by atoms with Crippen LogP contribution >= 0.6 is 0 Å². The highest BCUT2D eigenvalue weighted by molar-refractivity contribution is 5.90. The van der Waals surface area contributed by atoms with Gasteiger partial charge in [-0.1, -0.05) is 18.2 Å². The minimum Gasteiger partial charge on any atom is -0.338 e. The van der Waals surface area contributed by atoms with Gasteiger partial charge in [-0.05, 0) is 18.2 Å². The topological polar surface area (TPSA) is 53.6 Å². The quantitative estimate of drug-likeness (QED) is 0.683. The predicted molar refractivity (Wildman–Crippen MR) is 63.6 cm³/mol. The van der Waals surface area contributed by atoms with Crippen LogP contribution in [0.15, 0.2) is 48.8 Å². The molecule has 0 aliphatic carbocycles. The highest BCUT2D eigenvalue weighted by Gasteiger charge is 2.04. The van der Waals surface area contributed by atoms with Crippen LogP contribution in [0.3, 0.4) is 0 Å². The van der Waals surface area contributed by atoms with Crippen LogP contribution < -0.4 is 5.32 Å². The highest BCUT2D eigenvalue weighted by atomic mass is 15.2. The molecule has 0 spiro atoms. The van der Waals surface area contributed by atoms with E-state index >= 15 is 0 Å². The van der Waals surface area contributed by atoms with Crippen LogP contribution in [0.2, 0.25) is 0 Å². The second-order valence-corrected chi connectivity index (χ2v) is 3.48. The number of para-hydroxylation sites is 1. The Morgan fingerprint density at radius 1 is 1.06 bits per heavy atom. The smallest absolute Gasteiger partial charge is 0.160 e. The minimum absolute atomic E-state index is 0.823. The lowest BCUT2D eigenvalue weighted by Crippen LogP contribution is -1.90. The summed E-state index contributed by atoms with van der Waals surface area (Å²) in [6.07, 6.45) is 3.52. The molecule has 2 heterocycles. The van der Waals surface area contributed by atoms with E-state index in [1.807, 2.05) is 36.4 Å². The van der Waals surface area contributed by atoms with Gasteiger partial charge in [-0.2, -0.15) is 5.10 Å². The Bertz CT molecular complexity index is 600. The number of nitrogens with zero attached hydrogens (tertiary/aromatic N) is 2. The number of nitrogens with one attached hydrogen (secondary N) is 2. The van der Waals surface area contributed by atoms with Crippen molar-refractivity contribution in [2.75, 3.05) is 5.32 Å². The molecular formula is C12H10N4. The number of rotatable bonds is 2. The third-order valence-electron chi connectivity index (χ3n) is 2.40. The third-order valence-corrected chi connectivity index (χ3v) is 2.40. The van der Waals surface area contributed by atoms with E-state index in [1.54, 1.807) is 12.4 Å². The maximum Gasteiger partial charge on any atom is 0.160 e. The van der Waals surface area contributed by atoms with Gasteiger partial charge >= 0.3 is 0 Å². The maximum atomic E-state index is 4.21. The summed E-state index contributed by atoms with van der Waals surface area (Å²) in [6.45, 7) is 0. The molecule has 0 fully saturated rings. The largest absolute Gasteiger partial charge is 0.338 e. The molecule has 1 aromatic carbocycles. The molecule has 4 nitrogen and oxygen atoms in total. The Kier molecular flexibility index (Phi) is 2.04. The van der Waals surface area contributed by atoms with Crippen molar-refractivity contribution in [1.82, 2.24) is 15.2 Å². The van der Waals surface area contributed by atoms with E-state index in [0.717, 1.165) is 22.4 Å². The lowest BCUT2D eigenvalue weighted by molar-refractivity contribution is 1.12. The first kappa shape index (κ1) is 8.91. The predicted octanol–water partition coefficient (Wildman–Crippen LogP) is 2.70. The number of pyridine rings is 1. The van der Waals surface area contributed by atoms with Crippen molar-refractivity contribution in [3.63, 3.8) is 0 Å². The minimum atomic E-state index is 0.823. The van der Waals surface area contributed by atoms with Gasteiger partial charge in [-0.15, -0.1) is 0 Å². The molecule has 0 aliphatic heterocycles. The van der Waals surface area contributed by atoms with Crippen LogP contribution in [-0.4, -0.2) is 15.2 Å². The van der Waals surface area contributed by atoms with Crippen molar-refractivity contribution in [1.29, 1.82) is 0 Å². The van der Waals surface area contributed by atoms with Gasteiger partial charge in [0.05, 0.1) is 11.7 Å². The van der Waals surface area contributed by atoms with E-state index in [4.69, 9.17) is 0 Å². The molecule has 16 heavy (non-hydrogen) atoms. The summed E-state index contributed by atoms with van der Waals surface area (Å²) in [7, 11) is 0. The molecule has 0 bridgehead atoms. The van der Waals surface area contributed by atoms with E-state index in [2.05, 4.69) is 20.5 Å². The standard InChI is InChI=1S/C12H10N4/c1-2-4-9(5-3-1)14-12-10-6-7-13-8-11(10)15-16-12/h1-8H,(H2,14,15,16). The van der Waals surface area contributed by atoms with Crippen LogP contribution in [0.5, 0.6) is 0 Å². The molecular weight excluding hydrogens is 200 g/mol. The Labute approximate surface area is 92.3 Å². The number of fused-ring (bicyclic) bond motifs is 1. The molecule has 0 amide bonds. The van der Waals surface area contributed by atoms with Gasteiger partial charge in [0.25, 0.3) is 0 Å². The average Bonchev–Trinajstić information content (AvgIpc) is 2.74. The van der Waals surface area contributed by atoms with Crippen molar-refractivity contribution in [3.8, 4) is 0 Å². The molecule has 0 radical (unpaired) electrons. The number of H-pyrrole nitrogens is 1. The molecule has 3 aromatic rings. The molecule has 3 rings (SSSR count). The van der Waals surface area contributed by atoms with Crippen LogP contribution in [0.4, 0.5) is 11.5 Å². The second-order valence-electron chi connectivity index (χ2n) is 3.48. The van der Waals surface area contributed by atoms with Crippen LogP contribution in [-0.2, 0) is 0 Å². The molecule has 0 aliphatic rings. The van der Waals surface area contributed by atoms with Gasteiger partial charge in [-0.25, -0.2) is 0 Å². The molecule has 0 saturated heterocycles. The lowest BCUT2D eigenvalue weighted by atomic mass is 10.3. The van der Waals surface area contributed by atoms with Crippen LogP contribution in [0.25, 0.3) is 10.9 Å². The fraction of sp³-hybridized carbons (Fsp3) is 0. The van der Waals surface area contributed by atoms with Crippen molar-refractivity contribution >= 4 is 22.4 Å². The summed E-state index contributed by atoms with van der Waals surface area (Å²) in [5.74, 6) is 0.823. The molecule has 2 aromatic heterocycles. The fourth-order valence-electron chi connectivity index (χ4n) is 1.62. The van der Waals surface area contributed by atoms with Gasteiger partial charge in [0.2, 0.25) is 0 Å². The molecule has 0 atom stereocenters. The Morgan fingerprint density at radius 3 is 2.81 bits per heavy atom. The Balaban J connectivity index is 2.01. The van der Waals surface area contributed by atoms with Crippen molar-refractivity contribution in [2.24, 2.45) is 0 Å². The zero-order valence-corrected chi connectivity index (χ0v) is 8.51. The second kappa shape index (κ2) is 3.66. The van der Waals surface area contributed by atoms with Crippen molar-refractivity contribution in [2.45, 2.75) is 0 Å². The first-order valence-electron chi connectivity index (χ1n) is 5.03. The molecule has 2 N–H and O–H groups in total. The average molecular weight is 210 g/mol. The van der Waals surface area contributed by atoms with E-state index in [9.17, 15) is 0 Å². The van der Waals surface area contributed by atoms with E-state index in [-0.39, 0.29) is 0 Å². The maximum absolute atomic E-state index is 4.21. The van der Waals surface area contributed by atoms with E-state index in [0.29, 0.717) is 0 Å². The van der Waals surface area contributed by atoms with Crippen molar-refractivity contribution in [3.05, 3.63) is 48.8 Å². The summed E-state index contributed by atoms with van der Waals surface area (Å²) >= 11 is 0. The number of aromatic amines is 1. The zero-order chi connectivity index (χ0) is 10.8. The van der Waals surface area contributed by atoms with Gasteiger partial charge in [0, 0.05) is 17.3 Å². The number of benzene rings is 1. The molecule has 4 heteroatoms. The zero-order valence-electron chi connectivity index (χ0n) is 8.51. The van der Waals surface area contributed by atoms with E-state index < -0.39 is 0 Å². The van der Waals surface area contributed by atoms with Crippen LogP contribution in [0.1, 0.15) is 0 Å². The molecule has 0 saturated carbocycles. The first-order valence-corrected chi connectivity index (χ1v) is 5.03. The normalized spacial score (nSPS) is 10.5. The van der Waals surface area contributed by atoms with E-state index in [1.165, 1.54) is 0 Å². The van der Waals surface area contributed by atoms with Gasteiger partial charge in [0.1, 0.15) is 0 Å². The SMILES string of the molecule is c1ccc(Nc2n[nH]c3cnccc23)cc1. The van der Waals surface area contributed by atoms with Crippen molar-refractivity contribution < 1.29 is 0 Å². The summed E-state index contributed by atoms with van der Waals surface area (Å²) in [6, 6.07) is 11.9. The van der Waals surface area contributed by atoms with Gasteiger partial charge in [0.15, 0.2) is 5.82 Å². The number of aromatic nitrogens is 3. The van der Waals surface area contributed by atoms with Gasteiger partial charge < -0.3 is 5.32 Å². The third kappa shape index (κ3) is 1.50. The monoisotopic (exact) mass is 210 g/mol. The Morgan fingerprint density at radius 2 is 1.94 bits per heavy atom. The van der Waals surface area contributed by atoms with Gasteiger partial charge in [-0.3, -0.25) is 10.1 Å². The summed E-state index contributed by atoms with van der Waals surface area (Å²) in [5.41, 5.74) is 1.95.